The van der Waals surface area contributed by atoms with Gasteiger partial charge in [-0.3, -0.25) is 0 Å². The van der Waals surface area contributed by atoms with Crippen LogP contribution < -0.4 is 5.32 Å². The molecule has 1 rings (SSSR count). The molecule has 86 valence electrons. The summed E-state index contributed by atoms with van der Waals surface area (Å²) in [5, 5.41) is 4.32. The third kappa shape index (κ3) is 3.83. The summed E-state index contributed by atoms with van der Waals surface area (Å²) in [6.07, 6.45) is -3.25. The molecule has 5 heteroatoms. The van der Waals surface area contributed by atoms with Crippen LogP contribution in [-0.2, 0) is 12.7 Å². The molecule has 0 saturated carbocycles. The summed E-state index contributed by atoms with van der Waals surface area (Å²) in [5.74, 6) is 0. The molecule has 1 nitrogen and oxygen atoms in total. The molecule has 1 atom stereocenters. The smallest absolute Gasteiger partial charge is 0.309 e. The van der Waals surface area contributed by atoms with Gasteiger partial charge in [0.1, 0.15) is 0 Å². The van der Waals surface area contributed by atoms with Gasteiger partial charge in [0.15, 0.2) is 0 Å². The molecule has 0 aliphatic heterocycles. The molecule has 15 heavy (non-hydrogen) atoms. The quantitative estimate of drug-likeness (QED) is 0.842. The van der Waals surface area contributed by atoms with E-state index in [0.29, 0.717) is 12.6 Å². The van der Waals surface area contributed by atoms with E-state index in [2.05, 4.69) is 5.32 Å². The molecule has 0 aliphatic carbocycles. The Kier molecular flexibility index (Phi) is 4.16. The Morgan fingerprint density at radius 3 is 2.60 bits per heavy atom. The summed E-state index contributed by atoms with van der Waals surface area (Å²) in [6, 6.07) is 1.54. The highest BCUT2D eigenvalue weighted by Gasteiger charge is 2.31. The highest BCUT2D eigenvalue weighted by molar-refractivity contribution is 7.10. The van der Waals surface area contributed by atoms with Gasteiger partial charge >= 0.3 is 6.18 Å². The Hall–Kier alpha value is -0.550. The van der Waals surface area contributed by atoms with Crippen molar-refractivity contribution in [3.63, 3.8) is 0 Å². The molecule has 0 spiro atoms. The summed E-state index contributed by atoms with van der Waals surface area (Å²) in [4.78, 5) is 0.725. The van der Waals surface area contributed by atoms with Crippen LogP contribution in [0.3, 0.4) is 0 Å². The number of thiophene rings is 1. The van der Waals surface area contributed by atoms with Crippen molar-refractivity contribution < 1.29 is 13.2 Å². The number of halogens is 3. The first kappa shape index (κ1) is 12.5. The lowest BCUT2D eigenvalue weighted by molar-refractivity contribution is -0.137. The minimum absolute atomic E-state index is 0.335. The fraction of sp³-hybridized carbons (Fsp3) is 0.600. The van der Waals surface area contributed by atoms with Crippen LogP contribution in [0.5, 0.6) is 0 Å². The van der Waals surface area contributed by atoms with Crippen molar-refractivity contribution >= 4 is 11.3 Å². The zero-order valence-electron chi connectivity index (χ0n) is 8.69. The average Bonchev–Trinajstić information content (AvgIpc) is 2.61. The molecule has 0 bridgehead atoms. The van der Waals surface area contributed by atoms with Crippen LogP contribution in [0.25, 0.3) is 0 Å². The van der Waals surface area contributed by atoms with Crippen LogP contribution in [0.4, 0.5) is 13.2 Å². The maximum atomic E-state index is 12.3. The van der Waals surface area contributed by atoms with E-state index in [9.17, 15) is 13.2 Å². The predicted octanol–water partition coefficient (Wildman–Crippen LogP) is 3.66. The summed E-state index contributed by atoms with van der Waals surface area (Å²) in [5.41, 5.74) is -0.548. The minimum atomic E-state index is -4.22. The first-order valence-corrected chi connectivity index (χ1v) is 5.69. The van der Waals surface area contributed by atoms with Gasteiger partial charge in [0, 0.05) is 22.8 Å². The van der Waals surface area contributed by atoms with Crippen molar-refractivity contribution in [3.8, 4) is 0 Å². The van der Waals surface area contributed by atoms with Crippen molar-refractivity contribution in [2.24, 2.45) is 0 Å². The van der Waals surface area contributed by atoms with Crippen molar-refractivity contribution in [3.05, 3.63) is 21.9 Å². The molecule has 0 fully saturated rings. The first-order valence-electron chi connectivity index (χ1n) is 4.81. The summed E-state index contributed by atoms with van der Waals surface area (Å²) < 4.78 is 36.8. The fourth-order valence-electron chi connectivity index (χ4n) is 1.04. The summed E-state index contributed by atoms with van der Waals surface area (Å²) in [7, 11) is 0. The number of hydrogen-bond acceptors (Lipinski definition) is 2. The van der Waals surface area contributed by atoms with E-state index in [1.807, 2.05) is 13.8 Å². The summed E-state index contributed by atoms with van der Waals surface area (Å²) >= 11 is 1.15. The van der Waals surface area contributed by atoms with Gasteiger partial charge < -0.3 is 5.32 Å². The second-order valence-corrected chi connectivity index (χ2v) is 4.49. The van der Waals surface area contributed by atoms with Gasteiger partial charge in [-0.25, -0.2) is 0 Å². The van der Waals surface area contributed by atoms with Crippen LogP contribution in [0.15, 0.2) is 11.4 Å². The lowest BCUT2D eigenvalue weighted by atomic mass is 10.2. The molecule has 0 radical (unpaired) electrons. The second kappa shape index (κ2) is 4.99. The maximum absolute atomic E-state index is 12.3. The van der Waals surface area contributed by atoms with Gasteiger partial charge in [-0.2, -0.15) is 13.2 Å². The molecule has 0 amide bonds. The third-order valence-corrected chi connectivity index (χ3v) is 3.15. The van der Waals surface area contributed by atoms with Crippen LogP contribution in [0.1, 0.15) is 30.7 Å². The molecular weight excluding hydrogens is 223 g/mol. The van der Waals surface area contributed by atoms with Crippen LogP contribution >= 0.6 is 11.3 Å². The number of nitrogens with one attached hydrogen (secondary N) is 1. The van der Waals surface area contributed by atoms with Crippen molar-refractivity contribution in [1.29, 1.82) is 0 Å². The van der Waals surface area contributed by atoms with Gasteiger partial charge in [-0.15, -0.1) is 11.3 Å². The van der Waals surface area contributed by atoms with E-state index in [-0.39, 0.29) is 0 Å². The van der Waals surface area contributed by atoms with Gasteiger partial charge in [-0.1, -0.05) is 6.92 Å². The third-order valence-electron chi connectivity index (χ3n) is 2.22. The van der Waals surface area contributed by atoms with E-state index in [1.54, 1.807) is 0 Å². The number of alkyl halides is 3. The Bertz CT molecular complexity index is 306. The first-order chi connectivity index (χ1) is 6.93. The van der Waals surface area contributed by atoms with E-state index in [4.69, 9.17) is 0 Å². The zero-order valence-corrected chi connectivity index (χ0v) is 9.50. The van der Waals surface area contributed by atoms with Gasteiger partial charge in [-0.05, 0) is 19.4 Å². The fourth-order valence-corrected chi connectivity index (χ4v) is 1.88. The number of rotatable bonds is 4. The predicted molar refractivity (Wildman–Crippen MR) is 55.9 cm³/mol. The Balaban J connectivity index is 2.54. The Morgan fingerprint density at radius 1 is 1.47 bits per heavy atom. The molecule has 0 aromatic carbocycles. The monoisotopic (exact) mass is 237 g/mol. The molecule has 1 aromatic rings. The molecule has 1 heterocycles. The normalized spacial score (nSPS) is 14.2. The van der Waals surface area contributed by atoms with E-state index in [1.165, 1.54) is 6.07 Å². The SMILES string of the molecule is CCC(C)NCc1cc(C(F)(F)F)cs1. The molecular formula is C10H14F3NS. The highest BCUT2D eigenvalue weighted by atomic mass is 32.1. The molecule has 0 saturated heterocycles. The Labute approximate surface area is 91.3 Å². The maximum Gasteiger partial charge on any atom is 0.417 e. The Morgan fingerprint density at radius 2 is 2.13 bits per heavy atom. The van der Waals surface area contributed by atoms with Gasteiger partial charge in [0.05, 0.1) is 5.56 Å². The minimum Gasteiger partial charge on any atom is -0.309 e. The standard InChI is InChI=1S/C10H14F3NS/c1-3-7(2)14-5-9-4-8(6-15-9)10(11,12)13/h4,6-7,14H,3,5H2,1-2H3. The van der Waals surface area contributed by atoms with Crippen LogP contribution in [0, 0.1) is 0 Å². The molecule has 1 N–H and O–H groups in total. The van der Waals surface area contributed by atoms with Crippen LogP contribution in [-0.4, -0.2) is 6.04 Å². The van der Waals surface area contributed by atoms with Crippen LogP contribution in [0.2, 0.25) is 0 Å². The molecule has 1 unspecified atom stereocenters. The van der Waals surface area contributed by atoms with Crippen molar-refractivity contribution in [2.75, 3.05) is 0 Å². The van der Waals surface area contributed by atoms with E-state index < -0.39 is 11.7 Å². The lowest BCUT2D eigenvalue weighted by Crippen LogP contribution is -2.23. The molecule has 0 aliphatic rings. The van der Waals surface area contributed by atoms with Gasteiger partial charge in [0.25, 0.3) is 0 Å². The van der Waals surface area contributed by atoms with Gasteiger partial charge in [0.2, 0.25) is 0 Å². The zero-order chi connectivity index (χ0) is 11.5. The van der Waals surface area contributed by atoms with Crippen molar-refractivity contribution in [2.45, 2.75) is 39.0 Å². The molecule has 1 aromatic heterocycles. The largest absolute Gasteiger partial charge is 0.417 e. The van der Waals surface area contributed by atoms with E-state index in [0.717, 1.165) is 28.0 Å². The average molecular weight is 237 g/mol. The second-order valence-electron chi connectivity index (χ2n) is 3.49. The summed E-state index contributed by atoms with van der Waals surface area (Å²) in [6.45, 7) is 4.56. The highest BCUT2D eigenvalue weighted by Crippen LogP contribution is 2.32. The lowest BCUT2D eigenvalue weighted by Gasteiger charge is -2.09. The van der Waals surface area contributed by atoms with E-state index >= 15 is 0 Å². The topological polar surface area (TPSA) is 12.0 Å². The number of hydrogen-bond donors (Lipinski definition) is 1. The van der Waals surface area contributed by atoms with Crippen molar-refractivity contribution in [1.82, 2.24) is 5.32 Å².